The van der Waals surface area contributed by atoms with Crippen LogP contribution in [0.2, 0.25) is 0 Å². The van der Waals surface area contributed by atoms with Gasteiger partial charge in [-0.2, -0.15) is 0 Å². The molecule has 0 aromatic heterocycles. The predicted octanol–water partition coefficient (Wildman–Crippen LogP) is 1.94. The molecule has 1 aromatic rings. The Morgan fingerprint density at radius 3 is 2.14 bits per heavy atom. The Morgan fingerprint density at radius 2 is 1.68 bits per heavy atom. The molecular formula is C16H26N2O3S. The Labute approximate surface area is 133 Å². The lowest BCUT2D eigenvalue weighted by Gasteiger charge is -2.18. The minimum atomic E-state index is -3.29. The zero-order valence-corrected chi connectivity index (χ0v) is 14.6. The fourth-order valence-electron chi connectivity index (χ4n) is 2.04. The normalized spacial score (nSPS) is 11.9. The van der Waals surface area contributed by atoms with Gasteiger partial charge in [-0.1, -0.05) is 13.8 Å². The highest BCUT2D eigenvalue weighted by Crippen LogP contribution is 2.16. The summed E-state index contributed by atoms with van der Waals surface area (Å²) in [6.07, 6.45) is 0. The number of nitrogens with one attached hydrogen (secondary N) is 1. The van der Waals surface area contributed by atoms with Crippen LogP contribution in [-0.2, 0) is 9.84 Å². The van der Waals surface area contributed by atoms with E-state index in [1.165, 1.54) is 12.1 Å². The Morgan fingerprint density at radius 1 is 1.14 bits per heavy atom. The van der Waals surface area contributed by atoms with Crippen LogP contribution in [0.25, 0.3) is 0 Å². The minimum absolute atomic E-state index is 0.180. The second kappa shape index (κ2) is 8.29. The van der Waals surface area contributed by atoms with Gasteiger partial charge >= 0.3 is 0 Å². The monoisotopic (exact) mass is 326 g/mol. The van der Waals surface area contributed by atoms with Gasteiger partial charge in [0, 0.05) is 18.7 Å². The molecule has 0 radical (unpaired) electrons. The number of likely N-dealkylation sites (N-methyl/N-ethyl adjacent to an activating group) is 1. The van der Waals surface area contributed by atoms with Crippen molar-refractivity contribution in [2.24, 2.45) is 0 Å². The maximum Gasteiger partial charge on any atom is 0.251 e. The molecule has 0 spiro atoms. The highest BCUT2D eigenvalue weighted by Gasteiger charge is 2.19. The molecule has 0 aliphatic heterocycles. The first-order valence-electron chi connectivity index (χ1n) is 7.67. The molecule has 0 bridgehead atoms. The summed E-state index contributed by atoms with van der Waals surface area (Å²) in [5.74, 6) is -0.180. The highest BCUT2D eigenvalue weighted by atomic mass is 32.2. The third kappa shape index (κ3) is 4.81. The second-order valence-electron chi connectivity index (χ2n) is 5.40. The molecule has 1 rings (SSSR count). The Balaban J connectivity index is 2.65. The molecule has 0 atom stereocenters. The van der Waals surface area contributed by atoms with Crippen LogP contribution in [0.5, 0.6) is 0 Å². The summed E-state index contributed by atoms with van der Waals surface area (Å²) in [6.45, 7) is 10.7. The zero-order valence-electron chi connectivity index (χ0n) is 13.8. The number of sulfone groups is 1. The van der Waals surface area contributed by atoms with Crippen LogP contribution in [0.3, 0.4) is 0 Å². The molecule has 5 nitrogen and oxygen atoms in total. The first-order valence-corrected chi connectivity index (χ1v) is 9.22. The molecule has 0 saturated carbocycles. The smallest absolute Gasteiger partial charge is 0.251 e. The van der Waals surface area contributed by atoms with Gasteiger partial charge in [0.2, 0.25) is 0 Å². The van der Waals surface area contributed by atoms with E-state index < -0.39 is 15.1 Å². The molecule has 1 amide bonds. The van der Waals surface area contributed by atoms with Crippen molar-refractivity contribution < 1.29 is 13.2 Å². The summed E-state index contributed by atoms with van der Waals surface area (Å²) in [5.41, 5.74) is 0.474. The average molecular weight is 326 g/mol. The number of amides is 1. The molecule has 124 valence electrons. The molecule has 0 aliphatic carbocycles. The van der Waals surface area contributed by atoms with Gasteiger partial charge in [-0.25, -0.2) is 8.42 Å². The van der Waals surface area contributed by atoms with Crippen LogP contribution >= 0.6 is 0 Å². The fourth-order valence-corrected chi connectivity index (χ4v) is 3.10. The van der Waals surface area contributed by atoms with Crippen LogP contribution in [0, 0.1) is 0 Å². The third-order valence-electron chi connectivity index (χ3n) is 3.67. The number of hydrogen-bond acceptors (Lipinski definition) is 4. The average Bonchev–Trinajstić information content (AvgIpc) is 2.51. The molecule has 0 saturated heterocycles. The van der Waals surface area contributed by atoms with Gasteiger partial charge in [0.15, 0.2) is 9.84 Å². The van der Waals surface area contributed by atoms with Gasteiger partial charge in [0.25, 0.3) is 5.91 Å². The molecule has 0 aliphatic rings. The van der Waals surface area contributed by atoms with Crippen molar-refractivity contribution in [3.63, 3.8) is 0 Å². The lowest BCUT2D eigenvalue weighted by atomic mass is 10.2. The van der Waals surface area contributed by atoms with E-state index in [1.54, 1.807) is 26.0 Å². The Hall–Kier alpha value is -1.40. The summed E-state index contributed by atoms with van der Waals surface area (Å²) in [6, 6.07) is 6.10. The molecule has 0 unspecified atom stereocenters. The van der Waals surface area contributed by atoms with Crippen molar-refractivity contribution in [3.05, 3.63) is 29.8 Å². The van der Waals surface area contributed by atoms with Crippen molar-refractivity contribution in [2.45, 2.75) is 37.8 Å². The lowest BCUT2D eigenvalue weighted by molar-refractivity contribution is 0.0949. The topological polar surface area (TPSA) is 66.5 Å². The summed E-state index contributed by atoms with van der Waals surface area (Å²) < 4.78 is 24.0. The standard InChI is InChI=1S/C16H26N2O3S/c1-5-18(6-2)12-11-17-16(19)14-7-9-15(10-8-14)22(20,21)13(3)4/h7-10,13H,5-6,11-12H2,1-4H3,(H,17,19). The predicted molar refractivity (Wildman–Crippen MR) is 88.9 cm³/mol. The van der Waals surface area contributed by atoms with Gasteiger partial charge in [-0.05, 0) is 51.2 Å². The quantitative estimate of drug-likeness (QED) is 0.793. The molecule has 1 N–H and O–H groups in total. The summed E-state index contributed by atoms with van der Waals surface area (Å²) in [7, 11) is -3.29. The maximum absolute atomic E-state index is 12.0. The van der Waals surface area contributed by atoms with E-state index in [4.69, 9.17) is 0 Å². The zero-order chi connectivity index (χ0) is 16.8. The van der Waals surface area contributed by atoms with E-state index in [0.717, 1.165) is 19.6 Å². The van der Waals surface area contributed by atoms with Gasteiger partial charge in [0.05, 0.1) is 10.1 Å². The van der Waals surface area contributed by atoms with Crippen LogP contribution < -0.4 is 5.32 Å². The lowest BCUT2D eigenvalue weighted by Crippen LogP contribution is -2.34. The van der Waals surface area contributed by atoms with E-state index in [-0.39, 0.29) is 10.8 Å². The minimum Gasteiger partial charge on any atom is -0.351 e. The second-order valence-corrected chi connectivity index (χ2v) is 7.91. The van der Waals surface area contributed by atoms with Crippen LogP contribution in [0.15, 0.2) is 29.2 Å². The van der Waals surface area contributed by atoms with Crippen LogP contribution in [-0.4, -0.2) is 50.7 Å². The molecule has 0 heterocycles. The summed E-state index contributed by atoms with van der Waals surface area (Å²) >= 11 is 0. The van der Waals surface area contributed by atoms with Crippen molar-refractivity contribution in [1.82, 2.24) is 10.2 Å². The number of carbonyl (C=O) groups is 1. The number of carbonyl (C=O) groups excluding carboxylic acids is 1. The molecule has 0 fully saturated rings. The summed E-state index contributed by atoms with van der Waals surface area (Å²) in [4.78, 5) is 14.5. The molecular weight excluding hydrogens is 300 g/mol. The van der Waals surface area contributed by atoms with Crippen molar-refractivity contribution >= 4 is 15.7 Å². The van der Waals surface area contributed by atoms with Gasteiger partial charge < -0.3 is 10.2 Å². The number of nitrogens with zero attached hydrogens (tertiary/aromatic N) is 1. The number of rotatable bonds is 8. The first-order chi connectivity index (χ1) is 10.3. The summed E-state index contributed by atoms with van der Waals surface area (Å²) in [5, 5.41) is 2.38. The van der Waals surface area contributed by atoms with E-state index in [2.05, 4.69) is 24.1 Å². The van der Waals surface area contributed by atoms with E-state index in [1.807, 2.05) is 0 Å². The molecule has 22 heavy (non-hydrogen) atoms. The number of benzene rings is 1. The Kier molecular flexibility index (Phi) is 7.03. The number of hydrogen-bond donors (Lipinski definition) is 1. The van der Waals surface area contributed by atoms with Crippen molar-refractivity contribution in [3.8, 4) is 0 Å². The van der Waals surface area contributed by atoms with Crippen molar-refractivity contribution in [1.29, 1.82) is 0 Å². The van der Waals surface area contributed by atoms with Crippen molar-refractivity contribution in [2.75, 3.05) is 26.2 Å². The maximum atomic E-state index is 12.0. The van der Waals surface area contributed by atoms with E-state index in [0.29, 0.717) is 12.1 Å². The van der Waals surface area contributed by atoms with Gasteiger partial charge in [-0.15, -0.1) is 0 Å². The van der Waals surface area contributed by atoms with Gasteiger partial charge in [-0.3, -0.25) is 4.79 Å². The van der Waals surface area contributed by atoms with Gasteiger partial charge in [0.1, 0.15) is 0 Å². The first kappa shape index (κ1) is 18.6. The highest BCUT2D eigenvalue weighted by molar-refractivity contribution is 7.92. The Bertz CT molecular complexity index is 576. The van der Waals surface area contributed by atoms with Crippen LogP contribution in [0.1, 0.15) is 38.1 Å². The molecule has 1 aromatic carbocycles. The SMILES string of the molecule is CCN(CC)CCNC(=O)c1ccc(S(=O)(=O)C(C)C)cc1. The van der Waals surface area contributed by atoms with E-state index in [9.17, 15) is 13.2 Å². The third-order valence-corrected chi connectivity index (χ3v) is 5.84. The molecule has 6 heteroatoms. The fraction of sp³-hybridized carbons (Fsp3) is 0.562. The largest absolute Gasteiger partial charge is 0.351 e. The van der Waals surface area contributed by atoms with Crippen LogP contribution in [0.4, 0.5) is 0 Å². The van der Waals surface area contributed by atoms with E-state index >= 15 is 0 Å².